The minimum absolute atomic E-state index is 0.412. The van der Waals surface area contributed by atoms with Crippen molar-refractivity contribution in [1.29, 1.82) is 0 Å². The molecule has 0 radical (unpaired) electrons. The van der Waals surface area contributed by atoms with Crippen molar-refractivity contribution in [2.24, 2.45) is 10.3 Å². The molecule has 1 aromatic carbocycles. The standard InChI is InChI=1S/C22H23FN4O/c1-5-18(19-9-11-21(28-4)12-10-19)16-20(13-14-23)27(3)26-25-17(2)22-8-6-7-15-24-22/h5-13,15-16H,1-2,14H2,3-4H3/b18-16+,20-13+,26-25?. The van der Waals surface area contributed by atoms with E-state index < -0.39 is 6.67 Å². The second-order valence-corrected chi connectivity index (χ2v) is 5.69. The van der Waals surface area contributed by atoms with Crippen LogP contribution >= 0.6 is 0 Å². The van der Waals surface area contributed by atoms with E-state index in [-0.39, 0.29) is 0 Å². The number of nitrogens with zero attached hydrogens (tertiary/aromatic N) is 4. The third kappa shape index (κ3) is 5.74. The predicted octanol–water partition coefficient (Wildman–Crippen LogP) is 5.48. The molecule has 6 heteroatoms. The lowest BCUT2D eigenvalue weighted by atomic mass is 10.0. The van der Waals surface area contributed by atoms with Gasteiger partial charge >= 0.3 is 0 Å². The summed E-state index contributed by atoms with van der Waals surface area (Å²) in [6, 6.07) is 13.0. The topological polar surface area (TPSA) is 50.1 Å². The molecule has 0 aliphatic heterocycles. The summed E-state index contributed by atoms with van der Waals surface area (Å²) in [7, 11) is 3.29. The smallest absolute Gasteiger partial charge is 0.118 e. The Hall–Kier alpha value is -3.54. The van der Waals surface area contributed by atoms with Crippen molar-refractivity contribution >= 4 is 11.3 Å². The molecule has 0 aliphatic rings. The molecular formula is C22H23FN4O. The highest BCUT2D eigenvalue weighted by Crippen LogP contribution is 2.22. The quantitative estimate of drug-likeness (QED) is 0.330. The zero-order valence-corrected chi connectivity index (χ0v) is 16.0. The molecule has 28 heavy (non-hydrogen) atoms. The number of aromatic nitrogens is 1. The van der Waals surface area contributed by atoms with Crippen LogP contribution < -0.4 is 4.74 Å². The number of hydrogen-bond acceptors (Lipinski definition) is 4. The van der Waals surface area contributed by atoms with Gasteiger partial charge in [-0.1, -0.05) is 42.7 Å². The minimum Gasteiger partial charge on any atom is -0.497 e. The molecule has 0 aliphatic carbocycles. The lowest BCUT2D eigenvalue weighted by Gasteiger charge is -2.14. The zero-order valence-electron chi connectivity index (χ0n) is 16.0. The summed E-state index contributed by atoms with van der Waals surface area (Å²) in [5.41, 5.74) is 3.30. The number of alkyl halides is 1. The van der Waals surface area contributed by atoms with Crippen LogP contribution in [0.1, 0.15) is 11.3 Å². The van der Waals surface area contributed by atoms with Gasteiger partial charge in [-0.05, 0) is 47.6 Å². The second-order valence-electron chi connectivity index (χ2n) is 5.69. The first-order chi connectivity index (χ1) is 13.6. The number of pyridine rings is 1. The van der Waals surface area contributed by atoms with Gasteiger partial charge in [-0.3, -0.25) is 9.99 Å². The Morgan fingerprint density at radius 1 is 1.25 bits per heavy atom. The normalized spacial score (nSPS) is 12.1. The summed E-state index contributed by atoms with van der Waals surface area (Å²) in [5, 5.41) is 9.67. The SMILES string of the molecule is C=C/C(=C\C(=C/CF)N(C)N=NC(=C)c1ccccn1)c1ccc(OC)cc1. The van der Waals surface area contributed by atoms with Gasteiger partial charge in [0.15, 0.2) is 0 Å². The number of methoxy groups -OCH3 is 1. The van der Waals surface area contributed by atoms with Crippen molar-refractivity contribution in [3.63, 3.8) is 0 Å². The number of allylic oxidation sites excluding steroid dienone is 4. The van der Waals surface area contributed by atoms with Gasteiger partial charge in [0, 0.05) is 13.2 Å². The molecule has 0 N–H and O–H groups in total. The number of halogens is 1. The van der Waals surface area contributed by atoms with E-state index in [1.54, 1.807) is 38.6 Å². The van der Waals surface area contributed by atoms with Gasteiger partial charge in [-0.2, -0.15) is 0 Å². The molecule has 0 amide bonds. The molecule has 1 aromatic heterocycles. The average molecular weight is 378 g/mol. The van der Waals surface area contributed by atoms with Crippen molar-refractivity contribution in [3.05, 3.63) is 97.0 Å². The highest BCUT2D eigenvalue weighted by Gasteiger charge is 2.06. The van der Waals surface area contributed by atoms with Gasteiger partial charge in [-0.25, -0.2) is 4.39 Å². The average Bonchev–Trinajstić information content (AvgIpc) is 2.75. The van der Waals surface area contributed by atoms with E-state index in [1.807, 2.05) is 36.4 Å². The largest absolute Gasteiger partial charge is 0.497 e. The first kappa shape index (κ1) is 20.8. The zero-order chi connectivity index (χ0) is 20.4. The molecule has 0 atom stereocenters. The number of benzene rings is 1. The minimum atomic E-state index is -0.639. The fraction of sp³-hybridized carbons (Fsp3) is 0.136. The van der Waals surface area contributed by atoms with Crippen LogP contribution in [0.2, 0.25) is 0 Å². The molecule has 0 saturated carbocycles. The molecule has 0 unspecified atom stereocenters. The Bertz CT molecular complexity index is 887. The highest BCUT2D eigenvalue weighted by atomic mass is 19.1. The maximum atomic E-state index is 13.0. The number of rotatable bonds is 9. The first-order valence-electron chi connectivity index (χ1n) is 8.59. The molecule has 0 bridgehead atoms. The Kier molecular flexibility index (Phi) is 7.84. The molecule has 144 valence electrons. The van der Waals surface area contributed by atoms with Crippen LogP contribution in [0, 0.1) is 0 Å². The summed E-state index contributed by atoms with van der Waals surface area (Å²) < 4.78 is 18.2. The molecule has 0 spiro atoms. The van der Waals surface area contributed by atoms with Gasteiger partial charge < -0.3 is 4.74 Å². The lowest BCUT2D eigenvalue weighted by molar-refractivity contribution is 0.415. The number of hydrogen-bond donors (Lipinski definition) is 0. The lowest BCUT2D eigenvalue weighted by Crippen LogP contribution is -2.09. The van der Waals surface area contributed by atoms with Gasteiger partial charge in [0.2, 0.25) is 0 Å². The Labute approximate surface area is 164 Å². The van der Waals surface area contributed by atoms with Gasteiger partial charge in [0.1, 0.15) is 18.1 Å². The first-order valence-corrected chi connectivity index (χ1v) is 8.59. The van der Waals surface area contributed by atoms with Crippen LogP contribution in [-0.2, 0) is 0 Å². The maximum Gasteiger partial charge on any atom is 0.118 e. The monoisotopic (exact) mass is 378 g/mol. The molecule has 0 saturated heterocycles. The third-order valence-corrected chi connectivity index (χ3v) is 3.87. The Balaban J connectivity index is 2.23. The second kappa shape index (κ2) is 10.6. The van der Waals surface area contributed by atoms with Crippen molar-refractivity contribution in [2.75, 3.05) is 20.8 Å². The van der Waals surface area contributed by atoms with Gasteiger partial charge in [-0.15, -0.1) is 5.11 Å². The van der Waals surface area contributed by atoms with E-state index in [2.05, 4.69) is 28.5 Å². The van der Waals surface area contributed by atoms with Crippen molar-refractivity contribution < 1.29 is 9.13 Å². The number of ether oxygens (including phenoxy) is 1. The van der Waals surface area contributed by atoms with Crippen LogP contribution in [-0.4, -0.2) is 30.8 Å². The predicted molar refractivity (Wildman–Crippen MR) is 111 cm³/mol. The van der Waals surface area contributed by atoms with Crippen LogP contribution in [0.4, 0.5) is 4.39 Å². The summed E-state index contributed by atoms with van der Waals surface area (Å²) in [4.78, 5) is 4.17. The molecular weight excluding hydrogens is 355 g/mol. The fourth-order valence-electron chi connectivity index (χ4n) is 2.32. The fourth-order valence-corrected chi connectivity index (χ4v) is 2.32. The molecule has 2 rings (SSSR count). The van der Waals surface area contributed by atoms with E-state index in [1.165, 1.54) is 11.1 Å². The molecule has 0 fully saturated rings. The van der Waals surface area contributed by atoms with Gasteiger partial charge in [0.25, 0.3) is 0 Å². The molecule has 1 heterocycles. The highest BCUT2D eigenvalue weighted by molar-refractivity contribution is 5.75. The maximum absolute atomic E-state index is 13.0. The third-order valence-electron chi connectivity index (χ3n) is 3.87. The van der Waals surface area contributed by atoms with Crippen LogP contribution in [0.3, 0.4) is 0 Å². The van der Waals surface area contributed by atoms with Crippen LogP contribution in [0.25, 0.3) is 11.3 Å². The number of likely N-dealkylation sites (N-methyl/N-ethyl adjacent to an activating group) is 1. The van der Waals surface area contributed by atoms with E-state index >= 15 is 0 Å². The van der Waals surface area contributed by atoms with E-state index in [4.69, 9.17) is 4.74 Å². The Morgan fingerprint density at radius 2 is 2.00 bits per heavy atom. The molecule has 5 nitrogen and oxygen atoms in total. The van der Waals surface area contributed by atoms with Crippen LogP contribution in [0.5, 0.6) is 5.75 Å². The van der Waals surface area contributed by atoms with E-state index in [9.17, 15) is 4.39 Å². The molecule has 2 aromatic rings. The van der Waals surface area contributed by atoms with Crippen molar-refractivity contribution in [3.8, 4) is 5.75 Å². The van der Waals surface area contributed by atoms with Gasteiger partial charge in [0.05, 0.1) is 18.5 Å². The van der Waals surface area contributed by atoms with E-state index in [0.717, 1.165) is 16.9 Å². The summed E-state index contributed by atoms with van der Waals surface area (Å²) in [5.74, 6) is 0.755. The van der Waals surface area contributed by atoms with Crippen molar-refractivity contribution in [1.82, 2.24) is 9.99 Å². The van der Waals surface area contributed by atoms with Crippen molar-refractivity contribution in [2.45, 2.75) is 0 Å². The van der Waals surface area contributed by atoms with E-state index in [0.29, 0.717) is 17.1 Å². The Morgan fingerprint density at radius 3 is 2.57 bits per heavy atom. The van der Waals surface area contributed by atoms with Crippen LogP contribution in [0.15, 0.2) is 96.1 Å². The summed E-state index contributed by atoms with van der Waals surface area (Å²) in [6.45, 7) is 7.07. The summed E-state index contributed by atoms with van der Waals surface area (Å²) >= 11 is 0. The summed E-state index contributed by atoms with van der Waals surface area (Å²) in [6.07, 6.45) is 6.56.